The van der Waals surface area contributed by atoms with Crippen molar-refractivity contribution in [1.29, 1.82) is 0 Å². The summed E-state index contributed by atoms with van der Waals surface area (Å²) in [7, 11) is 2.20. The van der Waals surface area contributed by atoms with Gasteiger partial charge in [0.2, 0.25) is 0 Å². The maximum atomic E-state index is 12.1. The molecule has 3 fully saturated rings. The molecule has 0 aromatic carbocycles. The summed E-state index contributed by atoms with van der Waals surface area (Å²) in [5.41, 5.74) is 1.84. The number of allylic oxidation sites excluding steroid dienone is 2. The molecule has 1 unspecified atom stereocenters. The first kappa shape index (κ1) is 18.2. The standard InChI is InChI=1S/C24H32N2O2/c1-23-8-5-20-19(15-26(3)22-12-16(27)4-9-24(20,22)2)21(23)13-18(14-23)28-17-6-10-25-11-7-17/h6-7,10-12,18-21H,4-5,8-9,13-15H2,1-3H3/t18?,19-,20-,21+,23-,24-/m1/s1. The van der Waals surface area contributed by atoms with Crippen molar-refractivity contribution in [3.63, 3.8) is 0 Å². The second kappa shape index (κ2) is 6.33. The van der Waals surface area contributed by atoms with Crippen molar-refractivity contribution in [2.24, 2.45) is 28.6 Å². The van der Waals surface area contributed by atoms with Crippen molar-refractivity contribution in [1.82, 2.24) is 9.88 Å². The van der Waals surface area contributed by atoms with Crippen molar-refractivity contribution in [2.45, 2.75) is 58.5 Å². The molecule has 5 rings (SSSR count). The van der Waals surface area contributed by atoms with Gasteiger partial charge in [-0.25, -0.2) is 0 Å². The highest BCUT2D eigenvalue weighted by atomic mass is 16.5. The molecule has 0 amide bonds. The van der Waals surface area contributed by atoms with E-state index in [1.54, 1.807) is 0 Å². The molecule has 0 spiro atoms. The van der Waals surface area contributed by atoms with E-state index in [2.05, 4.69) is 30.8 Å². The number of rotatable bonds is 2. The fraction of sp³-hybridized carbons (Fsp3) is 0.667. The zero-order valence-electron chi connectivity index (χ0n) is 17.4. The van der Waals surface area contributed by atoms with Gasteiger partial charge in [0.05, 0.1) is 6.10 Å². The second-order valence-corrected chi connectivity index (χ2v) is 10.2. The fourth-order valence-corrected chi connectivity index (χ4v) is 7.26. The number of piperidine rings is 1. The molecule has 4 heteroatoms. The lowest BCUT2D eigenvalue weighted by Crippen LogP contribution is -2.56. The Hall–Kier alpha value is -1.84. The molecule has 1 saturated heterocycles. The van der Waals surface area contributed by atoms with E-state index >= 15 is 0 Å². The topological polar surface area (TPSA) is 42.4 Å². The number of likely N-dealkylation sites (tertiary alicyclic amines) is 1. The third-order valence-electron chi connectivity index (χ3n) is 8.61. The Labute approximate surface area is 168 Å². The van der Waals surface area contributed by atoms with Crippen molar-refractivity contribution < 1.29 is 9.53 Å². The van der Waals surface area contributed by atoms with Gasteiger partial charge in [-0.3, -0.25) is 9.78 Å². The summed E-state index contributed by atoms with van der Waals surface area (Å²) in [5.74, 6) is 3.36. The number of ketones is 1. The summed E-state index contributed by atoms with van der Waals surface area (Å²) in [6.45, 7) is 6.02. The third-order valence-corrected chi connectivity index (χ3v) is 8.61. The lowest BCUT2D eigenvalue weighted by molar-refractivity contribution is -0.118. The van der Waals surface area contributed by atoms with E-state index < -0.39 is 0 Å². The molecule has 28 heavy (non-hydrogen) atoms. The molecule has 150 valence electrons. The van der Waals surface area contributed by atoms with Gasteiger partial charge in [0, 0.05) is 49.6 Å². The quantitative estimate of drug-likeness (QED) is 0.759. The van der Waals surface area contributed by atoms with Gasteiger partial charge in [0.1, 0.15) is 5.75 Å². The number of fused-ring (bicyclic) bond motifs is 5. The van der Waals surface area contributed by atoms with Crippen LogP contribution in [0, 0.1) is 28.6 Å². The van der Waals surface area contributed by atoms with Crippen LogP contribution in [0.1, 0.15) is 52.4 Å². The highest BCUT2D eigenvalue weighted by molar-refractivity contribution is 5.91. The summed E-state index contributed by atoms with van der Waals surface area (Å²) in [5, 5.41) is 0. The summed E-state index contributed by atoms with van der Waals surface area (Å²) in [4.78, 5) is 18.6. The van der Waals surface area contributed by atoms with Crippen molar-refractivity contribution in [3.05, 3.63) is 36.3 Å². The van der Waals surface area contributed by atoms with Gasteiger partial charge >= 0.3 is 0 Å². The van der Waals surface area contributed by atoms with E-state index in [0.29, 0.717) is 41.5 Å². The largest absolute Gasteiger partial charge is 0.490 e. The SMILES string of the molecule is CN1C[C@@H]2[C@@H](CC[C@]3(C)CC(Oc4ccncc4)C[C@@H]23)[C@@]2(C)CCC(=O)C=C12. The number of ether oxygens (including phenoxy) is 1. The molecule has 6 atom stereocenters. The van der Waals surface area contributed by atoms with Crippen molar-refractivity contribution in [3.8, 4) is 5.75 Å². The Bertz CT molecular complexity index is 806. The van der Waals surface area contributed by atoms with Crippen LogP contribution in [0.4, 0.5) is 0 Å². The van der Waals surface area contributed by atoms with Crippen LogP contribution in [0.15, 0.2) is 36.3 Å². The van der Waals surface area contributed by atoms with E-state index in [9.17, 15) is 4.79 Å². The lowest BCUT2D eigenvalue weighted by atomic mass is 9.50. The summed E-state index contributed by atoms with van der Waals surface area (Å²) in [6.07, 6.45) is 12.5. The predicted octanol–water partition coefficient (Wildman–Crippen LogP) is 4.47. The minimum atomic E-state index is 0.164. The van der Waals surface area contributed by atoms with E-state index in [1.807, 2.05) is 30.6 Å². The Morgan fingerprint density at radius 1 is 1.18 bits per heavy atom. The first-order chi connectivity index (χ1) is 13.4. The number of nitrogens with zero attached hydrogens (tertiary/aromatic N) is 2. The van der Waals surface area contributed by atoms with Gasteiger partial charge in [0.15, 0.2) is 5.78 Å². The fourth-order valence-electron chi connectivity index (χ4n) is 7.26. The van der Waals surface area contributed by atoms with Gasteiger partial charge in [-0.05, 0) is 67.4 Å². The van der Waals surface area contributed by atoms with Crippen LogP contribution < -0.4 is 4.74 Å². The molecule has 4 aliphatic rings. The van der Waals surface area contributed by atoms with Crippen LogP contribution in [-0.4, -0.2) is 35.4 Å². The zero-order chi connectivity index (χ0) is 19.5. The Morgan fingerprint density at radius 2 is 1.96 bits per heavy atom. The van der Waals surface area contributed by atoms with Gasteiger partial charge < -0.3 is 9.64 Å². The predicted molar refractivity (Wildman–Crippen MR) is 109 cm³/mol. The van der Waals surface area contributed by atoms with Crippen LogP contribution >= 0.6 is 0 Å². The molecule has 2 saturated carbocycles. The summed E-state index contributed by atoms with van der Waals surface area (Å²) < 4.78 is 6.38. The molecule has 0 N–H and O–H groups in total. The number of carbonyl (C=O) groups is 1. The van der Waals surface area contributed by atoms with Gasteiger partial charge in [-0.2, -0.15) is 0 Å². The van der Waals surface area contributed by atoms with Gasteiger partial charge in [-0.1, -0.05) is 13.8 Å². The van der Waals surface area contributed by atoms with E-state index in [0.717, 1.165) is 31.6 Å². The number of pyridine rings is 1. The normalized spacial score (nSPS) is 42.3. The minimum absolute atomic E-state index is 0.164. The maximum Gasteiger partial charge on any atom is 0.157 e. The highest BCUT2D eigenvalue weighted by Crippen LogP contribution is 2.64. The number of carbonyl (C=O) groups excluding carboxylic acids is 1. The number of aromatic nitrogens is 1. The molecule has 1 aromatic heterocycles. The molecular weight excluding hydrogens is 348 g/mol. The highest BCUT2D eigenvalue weighted by Gasteiger charge is 2.59. The second-order valence-electron chi connectivity index (χ2n) is 10.2. The molecule has 0 bridgehead atoms. The smallest absolute Gasteiger partial charge is 0.157 e. The first-order valence-electron chi connectivity index (χ1n) is 10.9. The van der Waals surface area contributed by atoms with Crippen LogP contribution in [-0.2, 0) is 4.79 Å². The Morgan fingerprint density at radius 3 is 2.75 bits per heavy atom. The summed E-state index contributed by atoms with van der Waals surface area (Å²) in [6, 6.07) is 3.94. The van der Waals surface area contributed by atoms with Crippen molar-refractivity contribution in [2.75, 3.05) is 13.6 Å². The molecular formula is C24H32N2O2. The maximum absolute atomic E-state index is 12.1. The number of hydrogen-bond donors (Lipinski definition) is 0. The van der Waals surface area contributed by atoms with E-state index in [4.69, 9.17) is 4.74 Å². The molecule has 1 aromatic rings. The van der Waals surface area contributed by atoms with E-state index in [-0.39, 0.29) is 5.41 Å². The average molecular weight is 381 g/mol. The Kier molecular flexibility index (Phi) is 4.12. The van der Waals surface area contributed by atoms with Crippen LogP contribution in [0.5, 0.6) is 5.75 Å². The number of hydrogen-bond acceptors (Lipinski definition) is 4. The molecule has 2 heterocycles. The van der Waals surface area contributed by atoms with Gasteiger partial charge in [0.25, 0.3) is 0 Å². The lowest BCUT2D eigenvalue weighted by Gasteiger charge is -2.59. The molecule has 3 aliphatic carbocycles. The van der Waals surface area contributed by atoms with Crippen LogP contribution in [0.25, 0.3) is 0 Å². The third kappa shape index (κ3) is 2.71. The monoisotopic (exact) mass is 380 g/mol. The molecule has 0 radical (unpaired) electrons. The van der Waals surface area contributed by atoms with Crippen molar-refractivity contribution >= 4 is 5.78 Å². The zero-order valence-corrected chi connectivity index (χ0v) is 17.4. The average Bonchev–Trinajstić information content (AvgIpc) is 3.00. The van der Waals surface area contributed by atoms with Crippen LogP contribution in [0.3, 0.4) is 0 Å². The Balaban J connectivity index is 1.41. The van der Waals surface area contributed by atoms with Gasteiger partial charge in [-0.15, -0.1) is 0 Å². The summed E-state index contributed by atoms with van der Waals surface area (Å²) >= 11 is 0. The molecule has 4 nitrogen and oxygen atoms in total. The first-order valence-corrected chi connectivity index (χ1v) is 10.9. The van der Waals surface area contributed by atoms with Crippen LogP contribution in [0.2, 0.25) is 0 Å². The molecule has 1 aliphatic heterocycles. The minimum Gasteiger partial charge on any atom is -0.490 e. The van der Waals surface area contributed by atoms with E-state index in [1.165, 1.54) is 18.5 Å².